The second-order valence-corrected chi connectivity index (χ2v) is 5.41. The van der Waals surface area contributed by atoms with E-state index in [0.717, 1.165) is 16.9 Å². The number of nitriles is 1. The monoisotopic (exact) mass is 348 g/mol. The van der Waals surface area contributed by atoms with Crippen LogP contribution >= 0.6 is 22.6 Å². The van der Waals surface area contributed by atoms with Gasteiger partial charge in [-0.05, 0) is 71.8 Å². The number of halogens is 1. The van der Waals surface area contributed by atoms with Crippen molar-refractivity contribution < 1.29 is 0 Å². The number of aryl methyl sites for hydroxylation is 2. The molecule has 0 atom stereocenters. The van der Waals surface area contributed by atoms with Gasteiger partial charge in [0.05, 0.1) is 11.3 Å². The summed E-state index contributed by atoms with van der Waals surface area (Å²) in [5.74, 6) is 0. The Morgan fingerprint density at radius 1 is 1.11 bits per heavy atom. The fraction of sp³-hybridized carbons (Fsp3) is 0.133. The van der Waals surface area contributed by atoms with Crippen LogP contribution in [0.3, 0.4) is 0 Å². The molecule has 2 aromatic rings. The topological polar surface area (TPSA) is 35.8 Å². The third-order valence-corrected chi connectivity index (χ3v) is 3.91. The molecule has 0 aromatic heterocycles. The Kier molecular flexibility index (Phi) is 3.87. The Hall–Kier alpha value is -1.54. The van der Waals surface area contributed by atoms with Crippen molar-refractivity contribution in [2.75, 3.05) is 5.32 Å². The second kappa shape index (κ2) is 5.40. The van der Waals surface area contributed by atoms with Crippen LogP contribution < -0.4 is 5.32 Å². The van der Waals surface area contributed by atoms with Gasteiger partial charge < -0.3 is 5.32 Å². The van der Waals surface area contributed by atoms with E-state index in [1.54, 1.807) is 0 Å². The van der Waals surface area contributed by atoms with Crippen LogP contribution in [-0.2, 0) is 0 Å². The van der Waals surface area contributed by atoms with Crippen LogP contribution in [-0.4, -0.2) is 0 Å². The van der Waals surface area contributed by atoms with Crippen LogP contribution in [0.25, 0.3) is 0 Å². The van der Waals surface area contributed by atoms with Crippen molar-refractivity contribution in [3.63, 3.8) is 0 Å². The lowest BCUT2D eigenvalue weighted by atomic mass is 10.1. The highest BCUT2D eigenvalue weighted by Gasteiger charge is 2.03. The van der Waals surface area contributed by atoms with E-state index in [-0.39, 0.29) is 0 Å². The molecular weight excluding hydrogens is 335 g/mol. The van der Waals surface area contributed by atoms with Crippen molar-refractivity contribution in [2.45, 2.75) is 13.8 Å². The molecular formula is C15H13IN2. The molecule has 2 aromatic carbocycles. The summed E-state index contributed by atoms with van der Waals surface area (Å²) in [6, 6.07) is 14.2. The molecule has 0 radical (unpaired) electrons. The lowest BCUT2D eigenvalue weighted by Gasteiger charge is -2.10. The standard InChI is InChI=1S/C15H13IN2/c1-10-3-5-12(9-17)15(7-10)18-13-6-4-11(2)14(16)8-13/h3-8,18H,1-2H3. The SMILES string of the molecule is Cc1ccc(C#N)c(Nc2ccc(C)c(I)c2)c1. The third-order valence-electron chi connectivity index (χ3n) is 2.75. The minimum Gasteiger partial charge on any atom is -0.354 e. The lowest BCUT2D eigenvalue weighted by Crippen LogP contribution is -1.95. The van der Waals surface area contributed by atoms with E-state index < -0.39 is 0 Å². The fourth-order valence-electron chi connectivity index (χ4n) is 1.69. The highest BCUT2D eigenvalue weighted by atomic mass is 127. The average molecular weight is 348 g/mol. The Morgan fingerprint density at radius 3 is 2.56 bits per heavy atom. The number of anilines is 2. The molecule has 0 saturated carbocycles. The highest BCUT2D eigenvalue weighted by Crippen LogP contribution is 2.24. The van der Waals surface area contributed by atoms with Gasteiger partial charge in [0, 0.05) is 9.26 Å². The van der Waals surface area contributed by atoms with Gasteiger partial charge in [-0.3, -0.25) is 0 Å². The molecule has 0 amide bonds. The van der Waals surface area contributed by atoms with Crippen molar-refractivity contribution in [2.24, 2.45) is 0 Å². The average Bonchev–Trinajstić information content (AvgIpc) is 2.34. The summed E-state index contributed by atoms with van der Waals surface area (Å²) < 4.78 is 1.21. The summed E-state index contributed by atoms with van der Waals surface area (Å²) >= 11 is 2.31. The molecule has 0 spiro atoms. The van der Waals surface area contributed by atoms with Crippen LogP contribution in [0.4, 0.5) is 11.4 Å². The van der Waals surface area contributed by atoms with Gasteiger partial charge in [-0.15, -0.1) is 0 Å². The van der Waals surface area contributed by atoms with Crippen molar-refractivity contribution in [1.82, 2.24) is 0 Å². The number of hydrogen-bond donors (Lipinski definition) is 1. The minimum absolute atomic E-state index is 0.663. The predicted molar refractivity (Wildman–Crippen MR) is 83.1 cm³/mol. The van der Waals surface area contributed by atoms with Crippen LogP contribution in [0.2, 0.25) is 0 Å². The predicted octanol–water partition coefficient (Wildman–Crippen LogP) is 4.52. The molecule has 3 heteroatoms. The molecule has 2 rings (SSSR count). The normalized spacial score (nSPS) is 9.89. The molecule has 90 valence electrons. The van der Waals surface area contributed by atoms with E-state index in [1.807, 2.05) is 31.2 Å². The van der Waals surface area contributed by atoms with E-state index >= 15 is 0 Å². The van der Waals surface area contributed by atoms with Gasteiger partial charge in [-0.1, -0.05) is 12.1 Å². The van der Waals surface area contributed by atoms with Gasteiger partial charge in [0.25, 0.3) is 0 Å². The summed E-state index contributed by atoms with van der Waals surface area (Å²) in [6.07, 6.45) is 0. The van der Waals surface area contributed by atoms with Gasteiger partial charge in [0.2, 0.25) is 0 Å². The molecule has 0 bridgehead atoms. The Morgan fingerprint density at radius 2 is 1.89 bits per heavy atom. The van der Waals surface area contributed by atoms with Gasteiger partial charge in [-0.25, -0.2) is 0 Å². The zero-order chi connectivity index (χ0) is 13.1. The summed E-state index contributed by atoms with van der Waals surface area (Å²) in [7, 11) is 0. The van der Waals surface area contributed by atoms with Gasteiger partial charge >= 0.3 is 0 Å². The third kappa shape index (κ3) is 2.82. The minimum atomic E-state index is 0.663. The maximum absolute atomic E-state index is 9.09. The van der Waals surface area contributed by atoms with E-state index in [9.17, 15) is 0 Å². The number of hydrogen-bond acceptors (Lipinski definition) is 2. The van der Waals surface area contributed by atoms with E-state index in [2.05, 4.69) is 53.0 Å². The van der Waals surface area contributed by atoms with Crippen molar-refractivity contribution in [1.29, 1.82) is 5.26 Å². The Labute approximate surface area is 121 Å². The fourth-order valence-corrected chi connectivity index (χ4v) is 2.20. The molecule has 0 saturated heterocycles. The smallest absolute Gasteiger partial charge is 0.101 e. The quantitative estimate of drug-likeness (QED) is 0.810. The number of nitrogens with zero attached hydrogens (tertiary/aromatic N) is 1. The Balaban J connectivity index is 2.36. The van der Waals surface area contributed by atoms with Gasteiger partial charge in [0.1, 0.15) is 6.07 Å². The number of benzene rings is 2. The maximum atomic E-state index is 9.09. The Bertz CT molecular complexity index is 627. The molecule has 0 unspecified atom stereocenters. The first kappa shape index (κ1) is 12.9. The first-order chi connectivity index (χ1) is 8.60. The van der Waals surface area contributed by atoms with Crippen molar-refractivity contribution in [3.05, 3.63) is 56.7 Å². The van der Waals surface area contributed by atoms with E-state index in [1.165, 1.54) is 9.13 Å². The van der Waals surface area contributed by atoms with Crippen LogP contribution in [0.1, 0.15) is 16.7 Å². The highest BCUT2D eigenvalue weighted by molar-refractivity contribution is 14.1. The van der Waals surface area contributed by atoms with Crippen LogP contribution in [0.5, 0.6) is 0 Å². The zero-order valence-corrected chi connectivity index (χ0v) is 12.4. The summed E-state index contributed by atoms with van der Waals surface area (Å²) in [6.45, 7) is 4.10. The summed E-state index contributed by atoms with van der Waals surface area (Å²) in [5, 5.41) is 12.4. The molecule has 1 N–H and O–H groups in total. The molecule has 0 aliphatic carbocycles. The van der Waals surface area contributed by atoms with Gasteiger partial charge in [0.15, 0.2) is 0 Å². The van der Waals surface area contributed by atoms with Crippen LogP contribution in [0.15, 0.2) is 36.4 Å². The first-order valence-corrected chi connectivity index (χ1v) is 6.72. The molecule has 0 heterocycles. The first-order valence-electron chi connectivity index (χ1n) is 5.64. The number of rotatable bonds is 2. The molecule has 18 heavy (non-hydrogen) atoms. The zero-order valence-electron chi connectivity index (χ0n) is 10.3. The molecule has 0 aliphatic heterocycles. The van der Waals surface area contributed by atoms with E-state index in [0.29, 0.717) is 5.56 Å². The largest absolute Gasteiger partial charge is 0.354 e. The summed E-state index contributed by atoms with van der Waals surface area (Å²) in [4.78, 5) is 0. The van der Waals surface area contributed by atoms with Gasteiger partial charge in [-0.2, -0.15) is 5.26 Å². The molecule has 2 nitrogen and oxygen atoms in total. The summed E-state index contributed by atoms with van der Waals surface area (Å²) in [5.41, 5.74) is 4.92. The molecule has 0 aliphatic rings. The second-order valence-electron chi connectivity index (χ2n) is 4.25. The van der Waals surface area contributed by atoms with Crippen molar-refractivity contribution >= 4 is 34.0 Å². The number of nitrogens with one attached hydrogen (secondary N) is 1. The van der Waals surface area contributed by atoms with Crippen molar-refractivity contribution in [3.8, 4) is 6.07 Å². The molecule has 0 fully saturated rings. The maximum Gasteiger partial charge on any atom is 0.101 e. The van der Waals surface area contributed by atoms with Crippen LogP contribution in [0, 0.1) is 28.7 Å². The lowest BCUT2D eigenvalue weighted by molar-refractivity contribution is 1.39. The van der Waals surface area contributed by atoms with E-state index in [4.69, 9.17) is 5.26 Å².